The minimum atomic E-state index is -3.54. The summed E-state index contributed by atoms with van der Waals surface area (Å²) in [5.74, 6) is 0. The summed E-state index contributed by atoms with van der Waals surface area (Å²) in [6, 6.07) is 127. The molecule has 482 valence electrons. The second-order valence-corrected chi connectivity index (χ2v) is 36.7. The number of aromatic nitrogens is 3. The van der Waals surface area contributed by atoms with E-state index in [-0.39, 0.29) is 0 Å². The van der Waals surface area contributed by atoms with E-state index in [4.69, 9.17) is 0 Å². The summed E-state index contributed by atoms with van der Waals surface area (Å²) in [5.41, 5.74) is 7.96. The van der Waals surface area contributed by atoms with Gasteiger partial charge in [0.05, 0.1) is 50.2 Å². The summed E-state index contributed by atoms with van der Waals surface area (Å²) in [7, 11) is -14.2. The van der Waals surface area contributed by atoms with Gasteiger partial charge in [-0.05, 0) is 103 Å². The third-order valence-electron chi connectivity index (χ3n) is 20.1. The molecular formula is C90H63N3O4P4. The van der Waals surface area contributed by atoms with Crippen LogP contribution in [0.5, 0.6) is 0 Å². The van der Waals surface area contributed by atoms with Crippen LogP contribution in [0.15, 0.2) is 382 Å². The second kappa shape index (κ2) is 24.8. The van der Waals surface area contributed by atoms with E-state index in [0.29, 0.717) is 63.7 Å². The molecule has 18 aromatic rings. The Balaban J connectivity index is 0.959. The molecule has 3 heterocycles. The zero-order valence-corrected chi connectivity index (χ0v) is 58.2. The van der Waals surface area contributed by atoms with Gasteiger partial charge in [-0.15, -0.1) is 0 Å². The van der Waals surface area contributed by atoms with E-state index < -0.39 is 28.6 Å². The topological polar surface area (TPSA) is 83.1 Å². The summed E-state index contributed by atoms with van der Waals surface area (Å²) in [5, 5.41) is 13.9. The largest absolute Gasteiger partial charge is 0.309 e. The summed E-state index contributed by atoms with van der Waals surface area (Å²) >= 11 is 0. The smallest absolute Gasteiger partial charge is 0.171 e. The Morgan fingerprint density at radius 2 is 0.317 bits per heavy atom. The molecule has 7 nitrogen and oxygen atoms in total. The lowest BCUT2D eigenvalue weighted by Crippen LogP contribution is -2.25. The summed E-state index contributed by atoms with van der Waals surface area (Å²) < 4.78 is 73.4. The molecule has 0 radical (unpaired) electrons. The van der Waals surface area contributed by atoms with Gasteiger partial charge < -0.3 is 32.0 Å². The highest BCUT2D eigenvalue weighted by Crippen LogP contribution is 2.50. The Kier molecular flexibility index (Phi) is 15.2. The standard InChI is InChI=1S/C90H63N3O4P4/c94-98(67-29-9-1-10-30-67,68-31-11-2-12-32-68)75-49-53-87-81(60-75)82-61-76(99(95,69-33-13-3-14-34-69)70-35-15-4-16-36-70)50-54-88(82)92(87)65-57-64(91-85-47-27-25-45-79(85)80-46-26-28-48-86(80)91)58-66(59-65)93-89-55-51-77(100(96,71-37-17-5-18-38-71)72-39-19-6-20-40-72)62-83(89)84-63-78(52-56-90(84)93)101(97,73-41-21-7-22-42-73)74-43-23-8-24-44-74/h1-63H. The minimum Gasteiger partial charge on any atom is -0.309 e. The molecule has 0 saturated heterocycles. The van der Waals surface area contributed by atoms with Crippen molar-refractivity contribution in [3.05, 3.63) is 382 Å². The van der Waals surface area contributed by atoms with Crippen LogP contribution in [0.4, 0.5) is 0 Å². The molecule has 0 unspecified atom stereocenters. The molecule has 0 N–H and O–H groups in total. The number of nitrogens with zero attached hydrogens (tertiary/aromatic N) is 3. The fraction of sp³-hybridized carbons (Fsp3) is 0. The maximum atomic E-state index is 16.6. The highest BCUT2D eigenvalue weighted by Gasteiger charge is 2.36. The van der Waals surface area contributed by atoms with Gasteiger partial charge in [0, 0.05) is 96.0 Å². The van der Waals surface area contributed by atoms with Crippen molar-refractivity contribution in [1.82, 2.24) is 13.7 Å². The van der Waals surface area contributed by atoms with Crippen molar-refractivity contribution in [2.75, 3.05) is 0 Å². The van der Waals surface area contributed by atoms with E-state index in [0.717, 1.165) is 82.5 Å². The Labute approximate surface area is 585 Å². The van der Waals surface area contributed by atoms with Crippen molar-refractivity contribution in [2.24, 2.45) is 0 Å². The van der Waals surface area contributed by atoms with Gasteiger partial charge in [-0.1, -0.05) is 279 Å². The molecule has 18 rings (SSSR count). The van der Waals surface area contributed by atoms with Crippen molar-refractivity contribution in [3.63, 3.8) is 0 Å². The lowest BCUT2D eigenvalue weighted by atomic mass is 10.1. The fourth-order valence-corrected chi connectivity index (χ4v) is 26.1. The molecule has 0 amide bonds. The molecule has 0 aliphatic carbocycles. The summed E-state index contributed by atoms with van der Waals surface area (Å²) in [4.78, 5) is 0. The van der Waals surface area contributed by atoms with Crippen molar-refractivity contribution < 1.29 is 18.3 Å². The highest BCUT2D eigenvalue weighted by atomic mass is 31.2. The molecule has 15 aromatic carbocycles. The van der Waals surface area contributed by atoms with Crippen LogP contribution in [0.1, 0.15) is 0 Å². The third kappa shape index (κ3) is 9.94. The van der Waals surface area contributed by atoms with Crippen LogP contribution in [-0.2, 0) is 18.3 Å². The quantitative estimate of drug-likeness (QED) is 0.0958. The van der Waals surface area contributed by atoms with Crippen LogP contribution in [0.3, 0.4) is 0 Å². The van der Waals surface area contributed by atoms with Crippen LogP contribution in [0, 0.1) is 0 Å². The maximum absolute atomic E-state index is 16.6. The van der Waals surface area contributed by atoms with Crippen molar-refractivity contribution in [3.8, 4) is 17.1 Å². The predicted octanol–water partition coefficient (Wildman–Crippen LogP) is 17.5. The van der Waals surface area contributed by atoms with Gasteiger partial charge in [-0.3, -0.25) is 0 Å². The second-order valence-electron chi connectivity index (χ2n) is 25.7. The Morgan fingerprint density at radius 1 is 0.149 bits per heavy atom. The highest BCUT2D eigenvalue weighted by molar-refractivity contribution is 7.86. The molecule has 0 aliphatic heterocycles. The van der Waals surface area contributed by atoms with E-state index in [1.54, 1.807) is 0 Å². The number of rotatable bonds is 15. The van der Waals surface area contributed by atoms with E-state index in [1.807, 2.05) is 267 Å². The third-order valence-corrected chi connectivity index (χ3v) is 32.3. The number of hydrogen-bond acceptors (Lipinski definition) is 4. The molecule has 0 atom stereocenters. The first kappa shape index (κ1) is 61.9. The maximum Gasteiger partial charge on any atom is 0.171 e. The van der Waals surface area contributed by atoms with E-state index >= 15 is 18.3 Å². The molecular weight excluding hydrogens is 1310 g/mol. The van der Waals surface area contributed by atoms with Gasteiger partial charge in [-0.25, -0.2) is 0 Å². The molecule has 101 heavy (non-hydrogen) atoms. The van der Waals surface area contributed by atoms with Gasteiger partial charge in [-0.2, -0.15) is 0 Å². The fourth-order valence-electron chi connectivity index (χ4n) is 15.4. The molecule has 0 spiro atoms. The minimum absolute atomic E-state index is 0.665. The Hall–Kier alpha value is -11.4. The SMILES string of the molecule is O=P(c1ccccc1)(c1ccccc1)c1ccc2c(c1)c1cc(P(=O)(c3ccccc3)c3ccccc3)ccc1n2-c1cc(-n2c3ccccc3c3ccccc32)cc(-n2c3ccc(P(=O)(c4ccccc4)c4ccccc4)cc3c3cc(P(=O)(c4ccccc4)c4ccccc4)ccc32)c1. The van der Waals surface area contributed by atoms with Crippen molar-refractivity contribution >= 4 is 158 Å². The summed E-state index contributed by atoms with van der Waals surface area (Å²) in [6.45, 7) is 0. The first-order valence-corrected chi connectivity index (χ1v) is 40.6. The number of hydrogen-bond donors (Lipinski definition) is 0. The van der Waals surface area contributed by atoms with Crippen LogP contribution in [0.25, 0.3) is 82.5 Å². The lowest BCUT2D eigenvalue weighted by Gasteiger charge is -2.21. The van der Waals surface area contributed by atoms with Gasteiger partial charge in [0.25, 0.3) is 0 Å². The first-order chi connectivity index (χ1) is 49.6. The Bertz CT molecular complexity index is 5570. The van der Waals surface area contributed by atoms with Crippen LogP contribution >= 0.6 is 28.6 Å². The zero-order chi connectivity index (χ0) is 67.9. The molecule has 0 saturated carbocycles. The predicted molar refractivity (Wildman–Crippen MR) is 427 cm³/mol. The van der Waals surface area contributed by atoms with Crippen molar-refractivity contribution in [2.45, 2.75) is 0 Å². The van der Waals surface area contributed by atoms with E-state index in [9.17, 15) is 0 Å². The lowest BCUT2D eigenvalue weighted by molar-refractivity contribution is 0.591. The number of fused-ring (bicyclic) bond motifs is 9. The van der Waals surface area contributed by atoms with Crippen molar-refractivity contribution in [1.29, 1.82) is 0 Å². The molecule has 0 fully saturated rings. The molecule has 11 heteroatoms. The average Bonchev–Trinajstić information content (AvgIpc) is 1.60. The molecule has 3 aromatic heterocycles. The van der Waals surface area contributed by atoms with Crippen LogP contribution in [0.2, 0.25) is 0 Å². The van der Waals surface area contributed by atoms with Crippen LogP contribution in [-0.4, -0.2) is 13.7 Å². The van der Waals surface area contributed by atoms with Crippen LogP contribution < -0.4 is 63.7 Å². The van der Waals surface area contributed by atoms with E-state index in [1.165, 1.54) is 0 Å². The summed E-state index contributed by atoms with van der Waals surface area (Å²) in [6.07, 6.45) is 0. The normalized spacial score (nSPS) is 12.3. The average molecular weight is 1370 g/mol. The first-order valence-electron chi connectivity index (χ1n) is 33.8. The molecule has 0 aliphatic rings. The van der Waals surface area contributed by atoms with Gasteiger partial charge in [0.15, 0.2) is 28.6 Å². The van der Waals surface area contributed by atoms with E-state index in [2.05, 4.69) is 129 Å². The van der Waals surface area contributed by atoms with Gasteiger partial charge in [0.2, 0.25) is 0 Å². The van der Waals surface area contributed by atoms with Gasteiger partial charge >= 0.3 is 0 Å². The van der Waals surface area contributed by atoms with Gasteiger partial charge in [0.1, 0.15) is 0 Å². The molecule has 0 bridgehead atoms. The zero-order valence-electron chi connectivity index (χ0n) is 54.6. The number of benzene rings is 15. The number of para-hydroxylation sites is 2. The Morgan fingerprint density at radius 3 is 0.515 bits per heavy atom. The monoisotopic (exact) mass is 1370 g/mol.